The quantitative estimate of drug-likeness (QED) is 0.681. The Bertz CT molecular complexity index is 1000. The topological polar surface area (TPSA) is 39.3 Å². The molecular weight excluding hydrogens is 332 g/mol. The summed E-state index contributed by atoms with van der Waals surface area (Å²) in [6, 6.07) is 16.6. The van der Waals surface area contributed by atoms with Crippen molar-refractivity contribution >= 4 is 10.9 Å². The van der Waals surface area contributed by atoms with Crippen LogP contribution in [0.3, 0.4) is 0 Å². The predicted octanol–water partition coefficient (Wildman–Crippen LogP) is 4.42. The molecule has 2 heterocycles. The number of nitrogens with zero attached hydrogens (tertiary/aromatic N) is 1. The fourth-order valence-corrected chi connectivity index (χ4v) is 5.48. The van der Waals surface area contributed by atoms with Gasteiger partial charge in [-0.1, -0.05) is 36.4 Å². The molecule has 2 N–H and O–H groups in total. The summed E-state index contributed by atoms with van der Waals surface area (Å²) in [7, 11) is 0. The molecule has 27 heavy (non-hydrogen) atoms. The van der Waals surface area contributed by atoms with E-state index >= 15 is 0 Å². The molecule has 2 aromatic carbocycles. The van der Waals surface area contributed by atoms with Crippen LogP contribution in [0.4, 0.5) is 0 Å². The zero-order valence-electron chi connectivity index (χ0n) is 15.6. The van der Waals surface area contributed by atoms with Gasteiger partial charge in [-0.3, -0.25) is 4.90 Å². The average Bonchev–Trinajstić information content (AvgIpc) is 3.03. The Labute approximate surface area is 160 Å². The maximum atomic E-state index is 10.1. The maximum Gasteiger partial charge on any atom is 0.115 e. The number of likely N-dealkylation sites (tertiary alicyclic amines) is 1. The summed E-state index contributed by atoms with van der Waals surface area (Å²) in [5.74, 6) is 0.913. The van der Waals surface area contributed by atoms with E-state index in [1.54, 1.807) is 6.07 Å². The molecule has 3 heteroatoms. The number of rotatable bonds is 3. The summed E-state index contributed by atoms with van der Waals surface area (Å²) in [5, 5.41) is 11.5. The first-order valence-corrected chi connectivity index (χ1v) is 9.91. The molecule has 0 spiro atoms. The number of H-pyrrole nitrogens is 1. The van der Waals surface area contributed by atoms with Crippen molar-refractivity contribution in [2.24, 2.45) is 5.92 Å². The van der Waals surface area contributed by atoms with Crippen LogP contribution in [0.1, 0.15) is 23.2 Å². The number of aromatic nitrogens is 1. The summed E-state index contributed by atoms with van der Waals surface area (Å²) < 4.78 is 0. The first kappa shape index (κ1) is 16.6. The number of phenols is 1. The van der Waals surface area contributed by atoms with E-state index in [2.05, 4.69) is 46.8 Å². The molecule has 1 saturated heterocycles. The number of nitrogens with one attached hydrogen (secondary N) is 1. The zero-order valence-corrected chi connectivity index (χ0v) is 15.6. The van der Waals surface area contributed by atoms with E-state index in [-0.39, 0.29) is 5.41 Å². The Morgan fingerprint density at radius 2 is 2.11 bits per heavy atom. The molecule has 138 valence electrons. The highest BCUT2D eigenvalue weighted by atomic mass is 16.3. The minimum absolute atomic E-state index is 0.0876. The molecule has 0 amide bonds. The predicted molar refractivity (Wildman–Crippen MR) is 110 cm³/mol. The van der Waals surface area contributed by atoms with Crippen LogP contribution in [0.2, 0.25) is 0 Å². The van der Waals surface area contributed by atoms with Crippen LogP contribution in [-0.4, -0.2) is 34.6 Å². The lowest BCUT2D eigenvalue weighted by atomic mass is 9.58. The van der Waals surface area contributed by atoms with Gasteiger partial charge in [-0.15, -0.1) is 6.58 Å². The smallest absolute Gasteiger partial charge is 0.115 e. The molecule has 3 aromatic rings. The van der Waals surface area contributed by atoms with Crippen LogP contribution in [0.5, 0.6) is 5.75 Å². The molecule has 2 aliphatic rings. The lowest BCUT2D eigenvalue weighted by Crippen LogP contribution is -2.53. The van der Waals surface area contributed by atoms with E-state index in [9.17, 15) is 5.11 Å². The molecule has 0 saturated carbocycles. The van der Waals surface area contributed by atoms with E-state index in [1.807, 2.05) is 18.2 Å². The number of benzene rings is 2. The third-order valence-corrected chi connectivity index (χ3v) is 6.79. The lowest BCUT2D eigenvalue weighted by molar-refractivity contribution is 0.0896. The van der Waals surface area contributed by atoms with Gasteiger partial charge < -0.3 is 10.1 Å². The molecule has 2 unspecified atom stereocenters. The minimum atomic E-state index is 0.0876. The van der Waals surface area contributed by atoms with Crippen LogP contribution < -0.4 is 0 Å². The molecular formula is C24H26N2O. The van der Waals surface area contributed by atoms with Crippen LogP contribution in [0.25, 0.3) is 10.9 Å². The van der Waals surface area contributed by atoms with Crippen LogP contribution >= 0.6 is 0 Å². The van der Waals surface area contributed by atoms with Crippen molar-refractivity contribution in [2.45, 2.75) is 24.7 Å². The van der Waals surface area contributed by atoms with Gasteiger partial charge in [-0.25, -0.2) is 0 Å². The molecule has 3 nitrogen and oxygen atoms in total. The number of aromatic amines is 1. The van der Waals surface area contributed by atoms with Crippen LogP contribution in [-0.2, 0) is 18.3 Å². The third kappa shape index (κ3) is 2.61. The van der Waals surface area contributed by atoms with Gasteiger partial charge in [-0.2, -0.15) is 0 Å². The molecule has 0 bridgehead atoms. The second-order valence-electron chi connectivity index (χ2n) is 8.21. The maximum absolute atomic E-state index is 10.1. The Balaban J connectivity index is 1.64. The molecule has 5 rings (SSSR count). The third-order valence-electron chi connectivity index (χ3n) is 6.79. The van der Waals surface area contributed by atoms with E-state index in [1.165, 1.54) is 27.7 Å². The normalized spacial score (nSPS) is 25.1. The highest BCUT2D eigenvalue weighted by Gasteiger charge is 2.47. The van der Waals surface area contributed by atoms with Gasteiger partial charge in [0.1, 0.15) is 5.75 Å². The van der Waals surface area contributed by atoms with Gasteiger partial charge in [0.25, 0.3) is 0 Å². The second kappa shape index (κ2) is 6.28. The monoisotopic (exact) mass is 358 g/mol. The molecule has 1 aromatic heterocycles. The van der Waals surface area contributed by atoms with Crippen molar-refractivity contribution in [2.75, 3.05) is 19.6 Å². The van der Waals surface area contributed by atoms with Crippen molar-refractivity contribution in [1.29, 1.82) is 0 Å². The Morgan fingerprint density at radius 1 is 1.22 bits per heavy atom. The number of para-hydroxylation sites is 1. The number of fused-ring (bicyclic) bond motifs is 4. The Morgan fingerprint density at radius 3 is 2.96 bits per heavy atom. The van der Waals surface area contributed by atoms with Crippen molar-refractivity contribution < 1.29 is 5.11 Å². The van der Waals surface area contributed by atoms with Gasteiger partial charge >= 0.3 is 0 Å². The summed E-state index contributed by atoms with van der Waals surface area (Å²) in [4.78, 5) is 6.23. The summed E-state index contributed by atoms with van der Waals surface area (Å²) in [5.41, 5.74) is 5.49. The Kier molecular flexibility index (Phi) is 3.87. The fraction of sp³-hybridized carbons (Fsp3) is 0.333. The molecule has 1 aliphatic carbocycles. The average molecular weight is 358 g/mol. The summed E-state index contributed by atoms with van der Waals surface area (Å²) >= 11 is 0. The first-order chi connectivity index (χ1) is 13.2. The van der Waals surface area contributed by atoms with E-state index in [4.69, 9.17) is 0 Å². The summed E-state index contributed by atoms with van der Waals surface area (Å²) in [6.45, 7) is 7.05. The standard InChI is InChI=1S/C24H26N2O/c1-2-11-26-12-10-24(17-6-5-7-19(27)13-17)15-23-21(14-18(24)16-26)20-8-3-4-9-22(20)25-23/h2-9,13,18,25,27H,1,10-12,14-16H2. The SMILES string of the molecule is C=CCN1CCC2(c3cccc(O)c3)Cc3[nH]c4ccccc4c3CC2C1. The van der Waals surface area contributed by atoms with Gasteiger partial charge in [0, 0.05) is 35.1 Å². The second-order valence-corrected chi connectivity index (χ2v) is 8.21. The van der Waals surface area contributed by atoms with Gasteiger partial charge in [-0.05, 0) is 61.1 Å². The Hall–Kier alpha value is -2.52. The van der Waals surface area contributed by atoms with Gasteiger partial charge in [0.05, 0.1) is 0 Å². The minimum Gasteiger partial charge on any atom is -0.508 e. The zero-order chi connectivity index (χ0) is 18.4. The number of hydrogen-bond acceptors (Lipinski definition) is 2. The number of piperidine rings is 1. The number of phenolic OH excluding ortho intramolecular Hbond substituents is 1. The molecule has 0 radical (unpaired) electrons. The lowest BCUT2D eigenvalue weighted by Gasteiger charge is -2.51. The van der Waals surface area contributed by atoms with Crippen molar-refractivity contribution in [3.8, 4) is 5.75 Å². The fourth-order valence-electron chi connectivity index (χ4n) is 5.48. The summed E-state index contributed by atoms with van der Waals surface area (Å²) in [6.07, 6.45) is 5.24. The van der Waals surface area contributed by atoms with Crippen LogP contribution in [0, 0.1) is 5.92 Å². The van der Waals surface area contributed by atoms with Crippen molar-refractivity contribution in [3.05, 3.63) is 78.0 Å². The van der Waals surface area contributed by atoms with Crippen LogP contribution in [0.15, 0.2) is 61.2 Å². The molecule has 1 aliphatic heterocycles. The van der Waals surface area contributed by atoms with E-state index < -0.39 is 0 Å². The van der Waals surface area contributed by atoms with E-state index in [0.29, 0.717) is 11.7 Å². The molecule has 1 fully saturated rings. The highest BCUT2D eigenvalue weighted by Crippen LogP contribution is 2.49. The highest BCUT2D eigenvalue weighted by molar-refractivity contribution is 5.85. The van der Waals surface area contributed by atoms with Crippen molar-refractivity contribution in [3.63, 3.8) is 0 Å². The van der Waals surface area contributed by atoms with Crippen molar-refractivity contribution in [1.82, 2.24) is 9.88 Å². The largest absolute Gasteiger partial charge is 0.508 e. The van der Waals surface area contributed by atoms with E-state index in [0.717, 1.165) is 38.9 Å². The first-order valence-electron chi connectivity index (χ1n) is 9.91. The van der Waals surface area contributed by atoms with Gasteiger partial charge in [0.2, 0.25) is 0 Å². The number of hydrogen-bond donors (Lipinski definition) is 2. The number of aromatic hydroxyl groups is 1. The van der Waals surface area contributed by atoms with Gasteiger partial charge in [0.15, 0.2) is 0 Å². The molecule has 2 atom stereocenters.